The second-order valence-electron chi connectivity index (χ2n) is 4.11. The van der Waals surface area contributed by atoms with Crippen molar-refractivity contribution in [3.05, 3.63) is 72.6 Å². The van der Waals surface area contributed by atoms with E-state index in [9.17, 15) is 9.59 Å². The lowest BCUT2D eigenvalue weighted by molar-refractivity contribution is -0.152. The SMILES string of the molecule is O=C(C=CCc1ccco1)OC(=O)C=CCc1ccco1. The minimum Gasteiger partial charge on any atom is -0.469 e. The lowest BCUT2D eigenvalue weighted by Gasteiger charge is -1.94. The number of hydrogen-bond acceptors (Lipinski definition) is 5. The van der Waals surface area contributed by atoms with Crippen molar-refractivity contribution in [2.24, 2.45) is 0 Å². The topological polar surface area (TPSA) is 69.7 Å². The number of rotatable bonds is 6. The zero-order valence-electron chi connectivity index (χ0n) is 11.2. The van der Waals surface area contributed by atoms with E-state index in [1.807, 2.05) is 0 Å². The Kier molecular flexibility index (Phi) is 5.34. The van der Waals surface area contributed by atoms with Crippen molar-refractivity contribution in [3.8, 4) is 0 Å². The first-order valence-corrected chi connectivity index (χ1v) is 6.37. The molecule has 2 aromatic rings. The molecule has 0 fully saturated rings. The summed E-state index contributed by atoms with van der Waals surface area (Å²) in [6.07, 6.45) is 9.56. The first-order valence-electron chi connectivity index (χ1n) is 6.37. The van der Waals surface area contributed by atoms with Crippen LogP contribution in [0.5, 0.6) is 0 Å². The minimum atomic E-state index is -0.714. The molecule has 0 aliphatic heterocycles. The van der Waals surface area contributed by atoms with Crippen LogP contribution in [0.3, 0.4) is 0 Å². The number of esters is 2. The molecule has 5 heteroatoms. The van der Waals surface area contributed by atoms with Gasteiger partial charge in [-0.05, 0) is 24.3 Å². The van der Waals surface area contributed by atoms with Gasteiger partial charge in [0.05, 0.1) is 12.5 Å². The molecule has 0 aliphatic rings. The number of carbonyl (C=O) groups is 2. The van der Waals surface area contributed by atoms with Crippen LogP contribution in [-0.4, -0.2) is 11.9 Å². The normalized spacial score (nSPS) is 11.2. The Labute approximate surface area is 121 Å². The Balaban J connectivity index is 1.70. The average Bonchev–Trinajstić information content (AvgIpc) is 3.11. The van der Waals surface area contributed by atoms with Gasteiger partial charge in [-0.1, -0.05) is 12.2 Å². The van der Waals surface area contributed by atoms with Crippen LogP contribution in [0.2, 0.25) is 0 Å². The van der Waals surface area contributed by atoms with Crippen molar-refractivity contribution >= 4 is 11.9 Å². The standard InChI is InChI=1S/C16H14O5/c17-15(9-1-5-13-7-3-11-19-13)21-16(18)10-2-6-14-8-4-12-20-14/h1-4,7-12H,5-6H2. The van der Waals surface area contributed by atoms with E-state index in [-0.39, 0.29) is 0 Å². The molecule has 0 saturated heterocycles. The number of carbonyl (C=O) groups excluding carboxylic acids is 2. The van der Waals surface area contributed by atoms with Gasteiger partial charge in [-0.2, -0.15) is 0 Å². The Morgan fingerprint density at radius 1 is 0.905 bits per heavy atom. The van der Waals surface area contributed by atoms with Gasteiger partial charge in [0.1, 0.15) is 11.5 Å². The van der Waals surface area contributed by atoms with Crippen LogP contribution < -0.4 is 0 Å². The van der Waals surface area contributed by atoms with E-state index in [2.05, 4.69) is 4.74 Å². The molecule has 2 heterocycles. The molecular weight excluding hydrogens is 272 g/mol. The third kappa shape index (κ3) is 5.36. The molecule has 0 spiro atoms. The second-order valence-corrected chi connectivity index (χ2v) is 4.11. The summed E-state index contributed by atoms with van der Waals surface area (Å²) in [5.74, 6) is 0.0239. The molecule has 0 bridgehead atoms. The molecule has 2 rings (SSSR count). The van der Waals surface area contributed by atoms with Crippen molar-refractivity contribution in [1.82, 2.24) is 0 Å². The maximum Gasteiger partial charge on any atom is 0.338 e. The lowest BCUT2D eigenvalue weighted by Crippen LogP contribution is -2.07. The van der Waals surface area contributed by atoms with Crippen LogP contribution in [0.15, 0.2) is 69.9 Å². The summed E-state index contributed by atoms with van der Waals surface area (Å²) < 4.78 is 14.8. The molecule has 0 atom stereocenters. The van der Waals surface area contributed by atoms with E-state index >= 15 is 0 Å². The zero-order valence-corrected chi connectivity index (χ0v) is 11.2. The van der Waals surface area contributed by atoms with Gasteiger partial charge < -0.3 is 13.6 Å². The summed E-state index contributed by atoms with van der Waals surface area (Å²) in [7, 11) is 0. The van der Waals surface area contributed by atoms with Crippen LogP contribution in [0.25, 0.3) is 0 Å². The van der Waals surface area contributed by atoms with Crippen LogP contribution in [0.1, 0.15) is 11.5 Å². The van der Waals surface area contributed by atoms with Crippen LogP contribution in [0, 0.1) is 0 Å². The number of allylic oxidation sites excluding steroid dienone is 2. The summed E-state index contributed by atoms with van der Waals surface area (Å²) in [6, 6.07) is 7.10. The van der Waals surface area contributed by atoms with Gasteiger partial charge in [0.25, 0.3) is 0 Å². The molecule has 2 aromatic heterocycles. The summed E-state index contributed by atoms with van der Waals surface area (Å²) in [6.45, 7) is 0. The quantitative estimate of drug-likeness (QED) is 0.464. The van der Waals surface area contributed by atoms with Crippen LogP contribution in [-0.2, 0) is 27.2 Å². The highest BCUT2D eigenvalue weighted by Crippen LogP contribution is 2.02. The number of furan rings is 2. The fraction of sp³-hybridized carbons (Fsp3) is 0.125. The summed E-state index contributed by atoms with van der Waals surface area (Å²) in [4.78, 5) is 22.7. The maximum atomic E-state index is 11.4. The second kappa shape index (κ2) is 7.69. The highest BCUT2D eigenvalue weighted by Gasteiger charge is 2.03. The van der Waals surface area contributed by atoms with Gasteiger partial charge in [-0.15, -0.1) is 0 Å². The zero-order chi connectivity index (χ0) is 14.9. The molecule has 0 aliphatic carbocycles. The first-order chi connectivity index (χ1) is 10.2. The van der Waals surface area contributed by atoms with Gasteiger partial charge in [0.2, 0.25) is 0 Å². The Hall–Kier alpha value is -2.82. The molecule has 0 unspecified atom stereocenters. The highest BCUT2D eigenvalue weighted by atomic mass is 16.6. The molecule has 0 amide bonds. The molecule has 108 valence electrons. The average molecular weight is 286 g/mol. The maximum absolute atomic E-state index is 11.4. The highest BCUT2D eigenvalue weighted by molar-refractivity contribution is 5.96. The van der Waals surface area contributed by atoms with E-state index in [1.165, 1.54) is 12.2 Å². The predicted octanol–water partition coefficient (Wildman–Crippen LogP) is 2.84. The molecule has 0 radical (unpaired) electrons. The number of ether oxygens (including phenoxy) is 1. The largest absolute Gasteiger partial charge is 0.469 e. The van der Waals surface area contributed by atoms with E-state index in [0.29, 0.717) is 12.8 Å². The van der Waals surface area contributed by atoms with E-state index in [0.717, 1.165) is 11.5 Å². The summed E-state index contributed by atoms with van der Waals surface area (Å²) in [5.41, 5.74) is 0. The molecular formula is C16H14O5. The van der Waals surface area contributed by atoms with E-state index in [4.69, 9.17) is 8.83 Å². The van der Waals surface area contributed by atoms with Gasteiger partial charge in [0.15, 0.2) is 0 Å². The van der Waals surface area contributed by atoms with Crippen LogP contribution >= 0.6 is 0 Å². The third-order valence-corrected chi connectivity index (χ3v) is 2.51. The fourth-order valence-corrected chi connectivity index (χ4v) is 1.57. The van der Waals surface area contributed by atoms with Gasteiger partial charge >= 0.3 is 11.9 Å². The van der Waals surface area contributed by atoms with Gasteiger partial charge in [-0.25, -0.2) is 9.59 Å². The summed E-state index contributed by atoms with van der Waals surface area (Å²) in [5, 5.41) is 0. The van der Waals surface area contributed by atoms with Crippen LogP contribution in [0.4, 0.5) is 0 Å². The first kappa shape index (κ1) is 14.6. The Morgan fingerprint density at radius 2 is 1.38 bits per heavy atom. The Bertz CT molecular complexity index is 561. The smallest absolute Gasteiger partial charge is 0.338 e. The predicted molar refractivity (Wildman–Crippen MR) is 74.2 cm³/mol. The molecule has 5 nitrogen and oxygen atoms in total. The van der Waals surface area contributed by atoms with Crippen molar-refractivity contribution in [2.75, 3.05) is 0 Å². The van der Waals surface area contributed by atoms with Gasteiger partial charge in [0, 0.05) is 25.0 Å². The lowest BCUT2D eigenvalue weighted by atomic mass is 10.3. The molecule has 21 heavy (non-hydrogen) atoms. The number of hydrogen-bond donors (Lipinski definition) is 0. The third-order valence-electron chi connectivity index (χ3n) is 2.51. The van der Waals surface area contributed by atoms with Crippen molar-refractivity contribution in [2.45, 2.75) is 12.8 Å². The molecule has 0 N–H and O–H groups in total. The van der Waals surface area contributed by atoms with Crippen molar-refractivity contribution in [3.63, 3.8) is 0 Å². The molecule has 0 saturated carbocycles. The molecule has 0 aromatic carbocycles. The minimum absolute atomic E-state index is 0.463. The van der Waals surface area contributed by atoms with Crippen molar-refractivity contribution < 1.29 is 23.2 Å². The van der Waals surface area contributed by atoms with Gasteiger partial charge in [-0.3, -0.25) is 0 Å². The Morgan fingerprint density at radius 3 is 1.76 bits per heavy atom. The van der Waals surface area contributed by atoms with Crippen molar-refractivity contribution in [1.29, 1.82) is 0 Å². The van der Waals surface area contributed by atoms with E-state index in [1.54, 1.807) is 48.9 Å². The summed E-state index contributed by atoms with van der Waals surface area (Å²) >= 11 is 0. The monoisotopic (exact) mass is 286 g/mol. The van der Waals surface area contributed by atoms with E-state index < -0.39 is 11.9 Å². The fourth-order valence-electron chi connectivity index (χ4n) is 1.57.